The Morgan fingerprint density at radius 2 is 2.12 bits per heavy atom. The highest BCUT2D eigenvalue weighted by atomic mass is 32.1. The first-order valence-electron chi connectivity index (χ1n) is 7.16. The summed E-state index contributed by atoms with van der Waals surface area (Å²) in [5.41, 5.74) is 3.21. The Bertz CT molecular complexity index is 1010. The second-order valence-electron chi connectivity index (χ2n) is 5.01. The number of methoxy groups -OCH3 is 2. The molecule has 0 unspecified atom stereocenters. The number of nitrogens with one attached hydrogen (secondary N) is 2. The van der Waals surface area contributed by atoms with Crippen LogP contribution in [0.15, 0.2) is 24.8 Å². The lowest BCUT2D eigenvalue weighted by molar-refractivity contribution is 0.185. The third-order valence-electron chi connectivity index (χ3n) is 3.50. The molecule has 0 radical (unpaired) electrons. The van der Waals surface area contributed by atoms with Gasteiger partial charge in [-0.2, -0.15) is 0 Å². The number of rotatable bonds is 5. The number of fused-ring (bicyclic) bond motifs is 2. The van der Waals surface area contributed by atoms with Gasteiger partial charge in [-0.3, -0.25) is 0 Å². The summed E-state index contributed by atoms with van der Waals surface area (Å²) in [5.74, 6) is 1.30. The van der Waals surface area contributed by atoms with Crippen molar-refractivity contribution in [1.29, 1.82) is 0 Å². The number of ether oxygens (including phenoxy) is 2. The summed E-state index contributed by atoms with van der Waals surface area (Å²) in [7, 11) is 3.26. The van der Waals surface area contributed by atoms with Crippen LogP contribution in [0.1, 0.15) is 5.01 Å². The molecule has 3 aromatic heterocycles. The van der Waals surface area contributed by atoms with Crippen LogP contribution in [0.3, 0.4) is 0 Å². The van der Waals surface area contributed by atoms with Crippen molar-refractivity contribution in [3.63, 3.8) is 0 Å². The molecule has 4 aromatic rings. The molecule has 1 aromatic carbocycles. The minimum atomic E-state index is 0.447. The Balaban J connectivity index is 1.78. The second-order valence-corrected chi connectivity index (χ2v) is 6.08. The first-order valence-corrected chi connectivity index (χ1v) is 7.97. The van der Waals surface area contributed by atoms with Crippen molar-refractivity contribution < 1.29 is 9.47 Å². The molecule has 0 amide bonds. The molecule has 8 nitrogen and oxygen atoms in total. The number of aromatic nitrogens is 5. The smallest absolute Gasteiger partial charge is 0.161 e. The molecule has 0 bridgehead atoms. The van der Waals surface area contributed by atoms with E-state index in [1.165, 1.54) is 17.7 Å². The first kappa shape index (κ1) is 14.8. The van der Waals surface area contributed by atoms with Gasteiger partial charge in [-0.25, -0.2) is 19.9 Å². The summed E-state index contributed by atoms with van der Waals surface area (Å²) in [6, 6.07) is 3.79. The molecular formula is C15H14N6O2S. The predicted octanol–water partition coefficient (Wildman–Crippen LogP) is 2.86. The average molecular weight is 342 g/mol. The normalized spacial score (nSPS) is 11.2. The summed E-state index contributed by atoms with van der Waals surface area (Å²) in [6.45, 7) is 0.447. The van der Waals surface area contributed by atoms with Gasteiger partial charge in [0.25, 0.3) is 0 Å². The first-order chi connectivity index (χ1) is 11.8. The molecule has 2 N–H and O–H groups in total. The molecule has 3 heterocycles. The van der Waals surface area contributed by atoms with E-state index in [1.54, 1.807) is 20.5 Å². The van der Waals surface area contributed by atoms with Crippen LogP contribution in [0.25, 0.3) is 21.4 Å². The molecule has 0 saturated carbocycles. The zero-order chi connectivity index (χ0) is 16.5. The molecule has 0 atom stereocenters. The third-order valence-corrected chi connectivity index (χ3v) is 4.44. The summed E-state index contributed by atoms with van der Waals surface area (Å²) >= 11 is 1.48. The fraction of sp³-hybridized carbons (Fsp3) is 0.200. The maximum atomic E-state index is 5.46. The van der Waals surface area contributed by atoms with Crippen LogP contribution >= 0.6 is 11.3 Å². The lowest BCUT2D eigenvalue weighted by atomic mass is 10.2. The Labute approximate surface area is 140 Å². The molecule has 24 heavy (non-hydrogen) atoms. The third kappa shape index (κ3) is 2.53. The Morgan fingerprint density at radius 1 is 1.21 bits per heavy atom. The van der Waals surface area contributed by atoms with Crippen LogP contribution in [-0.4, -0.2) is 39.1 Å². The SMILES string of the molecule is COCc1nc2c(Nc3cc4nc[nH]c4cc3OC)ncnc2s1. The van der Waals surface area contributed by atoms with Crippen molar-refractivity contribution in [2.45, 2.75) is 6.61 Å². The Hall–Kier alpha value is -2.78. The quantitative estimate of drug-likeness (QED) is 0.575. The van der Waals surface area contributed by atoms with Gasteiger partial charge in [-0.15, -0.1) is 0 Å². The molecular weight excluding hydrogens is 328 g/mol. The zero-order valence-corrected chi connectivity index (χ0v) is 13.8. The minimum absolute atomic E-state index is 0.447. The lowest BCUT2D eigenvalue weighted by Crippen LogP contribution is -1.98. The maximum Gasteiger partial charge on any atom is 0.161 e. The van der Waals surface area contributed by atoms with E-state index < -0.39 is 0 Å². The number of hydrogen-bond acceptors (Lipinski definition) is 8. The number of anilines is 2. The van der Waals surface area contributed by atoms with Crippen molar-refractivity contribution in [2.75, 3.05) is 19.5 Å². The highest BCUT2D eigenvalue weighted by Crippen LogP contribution is 2.33. The van der Waals surface area contributed by atoms with Gasteiger partial charge in [-0.1, -0.05) is 11.3 Å². The number of H-pyrrole nitrogens is 1. The molecule has 0 aliphatic heterocycles. The molecule has 9 heteroatoms. The van der Waals surface area contributed by atoms with Gasteiger partial charge >= 0.3 is 0 Å². The molecule has 0 aliphatic rings. The predicted molar refractivity (Wildman–Crippen MR) is 91.9 cm³/mol. The van der Waals surface area contributed by atoms with E-state index in [0.717, 1.165) is 26.6 Å². The zero-order valence-electron chi connectivity index (χ0n) is 13.0. The van der Waals surface area contributed by atoms with Gasteiger partial charge in [0.15, 0.2) is 5.82 Å². The molecule has 0 spiro atoms. The Kier molecular flexibility index (Phi) is 3.71. The fourth-order valence-corrected chi connectivity index (χ4v) is 3.31. The van der Waals surface area contributed by atoms with Gasteiger partial charge in [0.05, 0.1) is 36.8 Å². The highest BCUT2D eigenvalue weighted by molar-refractivity contribution is 7.18. The summed E-state index contributed by atoms with van der Waals surface area (Å²) in [5, 5.41) is 4.13. The van der Waals surface area contributed by atoms with E-state index in [-0.39, 0.29) is 0 Å². The van der Waals surface area contributed by atoms with E-state index in [4.69, 9.17) is 9.47 Å². The van der Waals surface area contributed by atoms with Gasteiger partial charge in [0.2, 0.25) is 0 Å². The number of benzene rings is 1. The van der Waals surface area contributed by atoms with Crippen molar-refractivity contribution in [1.82, 2.24) is 24.9 Å². The number of imidazole rings is 1. The van der Waals surface area contributed by atoms with Crippen molar-refractivity contribution in [2.24, 2.45) is 0 Å². The van der Waals surface area contributed by atoms with E-state index in [2.05, 4.69) is 30.2 Å². The monoisotopic (exact) mass is 342 g/mol. The number of hydrogen-bond donors (Lipinski definition) is 2. The van der Waals surface area contributed by atoms with E-state index >= 15 is 0 Å². The summed E-state index contributed by atoms with van der Waals surface area (Å²) < 4.78 is 10.6. The molecule has 4 rings (SSSR count). The van der Waals surface area contributed by atoms with E-state index in [0.29, 0.717) is 23.7 Å². The van der Waals surface area contributed by atoms with Gasteiger partial charge in [0.1, 0.15) is 27.4 Å². The maximum absolute atomic E-state index is 5.46. The van der Waals surface area contributed by atoms with Crippen molar-refractivity contribution >= 4 is 44.2 Å². The standard InChI is InChI=1S/C15H14N6O2S/c1-22-5-12-21-13-14(18-7-19-15(13)24-12)20-10-3-8-9(17-6-16-8)4-11(10)23-2/h3-4,6-7H,5H2,1-2H3,(H,16,17)(H,18,19,20). The molecule has 0 aliphatic carbocycles. The topological polar surface area (TPSA) is 97.8 Å². The van der Waals surface area contributed by atoms with Gasteiger partial charge in [-0.05, 0) is 6.07 Å². The Morgan fingerprint density at radius 3 is 2.96 bits per heavy atom. The van der Waals surface area contributed by atoms with Crippen molar-refractivity contribution in [3.05, 3.63) is 29.8 Å². The molecule has 0 saturated heterocycles. The lowest BCUT2D eigenvalue weighted by Gasteiger charge is -2.10. The summed E-state index contributed by atoms with van der Waals surface area (Å²) in [6.07, 6.45) is 3.16. The molecule has 122 valence electrons. The van der Waals surface area contributed by atoms with Gasteiger partial charge < -0.3 is 19.8 Å². The van der Waals surface area contributed by atoms with Crippen LogP contribution in [0.4, 0.5) is 11.5 Å². The highest BCUT2D eigenvalue weighted by Gasteiger charge is 2.14. The minimum Gasteiger partial charge on any atom is -0.494 e. The number of thiazole rings is 1. The van der Waals surface area contributed by atoms with Crippen LogP contribution in [-0.2, 0) is 11.3 Å². The number of nitrogens with zero attached hydrogens (tertiary/aromatic N) is 4. The summed E-state index contributed by atoms with van der Waals surface area (Å²) in [4.78, 5) is 21.3. The van der Waals surface area contributed by atoms with Gasteiger partial charge in [0, 0.05) is 13.2 Å². The van der Waals surface area contributed by atoms with Crippen molar-refractivity contribution in [3.8, 4) is 5.75 Å². The van der Waals surface area contributed by atoms with Crippen LogP contribution in [0, 0.1) is 0 Å². The van der Waals surface area contributed by atoms with Crippen LogP contribution in [0.2, 0.25) is 0 Å². The number of aromatic amines is 1. The van der Waals surface area contributed by atoms with Crippen LogP contribution < -0.4 is 10.1 Å². The largest absolute Gasteiger partial charge is 0.494 e. The van der Waals surface area contributed by atoms with E-state index in [1.807, 2.05) is 12.1 Å². The average Bonchev–Trinajstić information content (AvgIpc) is 3.20. The van der Waals surface area contributed by atoms with Crippen LogP contribution in [0.5, 0.6) is 5.75 Å². The second kappa shape index (κ2) is 6.02. The van der Waals surface area contributed by atoms with E-state index in [9.17, 15) is 0 Å². The molecule has 0 fully saturated rings. The fourth-order valence-electron chi connectivity index (χ4n) is 2.43.